The summed E-state index contributed by atoms with van der Waals surface area (Å²) in [7, 11) is 0. The molecule has 0 radical (unpaired) electrons. The number of rotatable bonds is 1. The average molecular weight is 109 g/mol. The lowest BCUT2D eigenvalue weighted by Crippen LogP contribution is -1.92. The van der Waals surface area contributed by atoms with Gasteiger partial charge >= 0.3 is 0 Å². The van der Waals surface area contributed by atoms with Crippen LogP contribution >= 0.6 is 0 Å². The summed E-state index contributed by atoms with van der Waals surface area (Å²) in [5.74, 6) is 6.79. The van der Waals surface area contributed by atoms with Gasteiger partial charge in [0.15, 0.2) is 0 Å². The first-order valence-electron chi connectivity index (χ1n) is 3.09. The van der Waals surface area contributed by atoms with E-state index >= 15 is 0 Å². The maximum atomic E-state index is 5.16. The van der Waals surface area contributed by atoms with Crippen LogP contribution in [0.3, 0.4) is 0 Å². The van der Waals surface area contributed by atoms with E-state index in [1.807, 2.05) is 0 Å². The Morgan fingerprint density at radius 3 is 2.62 bits per heavy atom. The molecule has 0 atom stereocenters. The molecule has 0 heterocycles. The molecule has 0 aromatic heterocycles. The maximum Gasteiger partial charge on any atom is 0.0551 e. The highest BCUT2D eigenvalue weighted by Gasteiger charge is 2.18. The van der Waals surface area contributed by atoms with Crippen LogP contribution in [0.1, 0.15) is 19.3 Å². The fourth-order valence-corrected chi connectivity index (χ4v) is 0.611. The zero-order valence-corrected chi connectivity index (χ0v) is 4.98. The Morgan fingerprint density at radius 2 is 2.12 bits per heavy atom. The van der Waals surface area contributed by atoms with Gasteiger partial charge in [0, 0.05) is 6.42 Å². The molecule has 2 N–H and O–H groups in total. The highest BCUT2D eigenvalue weighted by molar-refractivity contribution is 5.02. The number of hydrogen-bond acceptors (Lipinski definition) is 1. The van der Waals surface area contributed by atoms with E-state index in [1.54, 1.807) is 0 Å². The molecule has 1 fully saturated rings. The van der Waals surface area contributed by atoms with Crippen LogP contribution in [0.4, 0.5) is 0 Å². The predicted octanol–water partition coefficient (Wildman–Crippen LogP) is 0.749. The summed E-state index contributed by atoms with van der Waals surface area (Å²) in [5, 5.41) is 0. The fourth-order valence-electron chi connectivity index (χ4n) is 0.611. The molecule has 0 amide bonds. The molecule has 1 nitrogen and oxygen atoms in total. The third kappa shape index (κ3) is 1.99. The van der Waals surface area contributed by atoms with Gasteiger partial charge in [-0.15, -0.1) is 5.92 Å². The van der Waals surface area contributed by atoms with Gasteiger partial charge in [-0.05, 0) is 18.8 Å². The minimum absolute atomic E-state index is 0.521. The molecule has 0 aliphatic heterocycles. The highest BCUT2D eigenvalue weighted by Crippen LogP contribution is 2.31. The average Bonchev–Trinajstić information content (AvgIpc) is 2.51. The normalized spacial score (nSPS) is 17.1. The fraction of sp³-hybridized carbons (Fsp3) is 0.714. The smallest absolute Gasteiger partial charge is 0.0551 e. The molecule has 1 saturated carbocycles. The molecular weight excluding hydrogens is 98.1 g/mol. The summed E-state index contributed by atoms with van der Waals surface area (Å²) in [6.45, 7) is 0.521. The van der Waals surface area contributed by atoms with Crippen molar-refractivity contribution < 1.29 is 0 Å². The summed E-state index contributed by atoms with van der Waals surface area (Å²) >= 11 is 0. The van der Waals surface area contributed by atoms with Crippen molar-refractivity contribution in [1.29, 1.82) is 0 Å². The Labute approximate surface area is 50.3 Å². The molecule has 8 heavy (non-hydrogen) atoms. The van der Waals surface area contributed by atoms with E-state index in [0.717, 1.165) is 12.3 Å². The molecule has 1 aliphatic carbocycles. The minimum Gasteiger partial charge on any atom is -0.320 e. The molecule has 0 unspecified atom stereocenters. The van der Waals surface area contributed by atoms with Crippen molar-refractivity contribution in [1.82, 2.24) is 0 Å². The topological polar surface area (TPSA) is 26.0 Å². The molecular formula is C7H11N. The van der Waals surface area contributed by atoms with Crippen molar-refractivity contribution in [3.63, 3.8) is 0 Å². The third-order valence-electron chi connectivity index (χ3n) is 1.31. The van der Waals surface area contributed by atoms with Gasteiger partial charge in [0.2, 0.25) is 0 Å². The van der Waals surface area contributed by atoms with Gasteiger partial charge in [-0.1, -0.05) is 5.92 Å². The van der Waals surface area contributed by atoms with Gasteiger partial charge in [0.05, 0.1) is 6.54 Å². The van der Waals surface area contributed by atoms with E-state index in [9.17, 15) is 0 Å². The van der Waals surface area contributed by atoms with Crippen LogP contribution in [0.15, 0.2) is 0 Å². The summed E-state index contributed by atoms with van der Waals surface area (Å²) in [4.78, 5) is 0. The quantitative estimate of drug-likeness (QED) is 0.494. The second kappa shape index (κ2) is 2.74. The first-order valence-corrected chi connectivity index (χ1v) is 3.09. The Morgan fingerprint density at radius 1 is 1.38 bits per heavy atom. The van der Waals surface area contributed by atoms with Crippen LogP contribution in [-0.4, -0.2) is 6.54 Å². The van der Waals surface area contributed by atoms with Gasteiger partial charge in [0.1, 0.15) is 0 Å². The molecule has 0 bridgehead atoms. The van der Waals surface area contributed by atoms with Gasteiger partial charge < -0.3 is 5.73 Å². The van der Waals surface area contributed by atoms with Crippen LogP contribution in [0.25, 0.3) is 0 Å². The SMILES string of the molecule is NCC#CCC1CC1. The predicted molar refractivity (Wildman–Crippen MR) is 34.2 cm³/mol. The van der Waals surface area contributed by atoms with E-state index in [4.69, 9.17) is 5.73 Å². The van der Waals surface area contributed by atoms with Gasteiger partial charge in [-0.25, -0.2) is 0 Å². The van der Waals surface area contributed by atoms with Crippen molar-refractivity contribution in [3.05, 3.63) is 0 Å². The summed E-state index contributed by atoms with van der Waals surface area (Å²) < 4.78 is 0. The highest BCUT2D eigenvalue weighted by atomic mass is 14.5. The molecule has 1 heteroatoms. The van der Waals surface area contributed by atoms with Crippen LogP contribution in [0.5, 0.6) is 0 Å². The van der Waals surface area contributed by atoms with Gasteiger partial charge in [-0.2, -0.15) is 0 Å². The van der Waals surface area contributed by atoms with E-state index in [0.29, 0.717) is 6.54 Å². The van der Waals surface area contributed by atoms with E-state index in [2.05, 4.69) is 11.8 Å². The summed E-state index contributed by atoms with van der Waals surface area (Å²) in [6, 6.07) is 0. The molecule has 1 aliphatic rings. The molecule has 0 saturated heterocycles. The van der Waals surface area contributed by atoms with E-state index in [-0.39, 0.29) is 0 Å². The Bertz CT molecular complexity index is 114. The summed E-state index contributed by atoms with van der Waals surface area (Å²) in [5.41, 5.74) is 5.16. The lowest BCUT2D eigenvalue weighted by atomic mass is 10.3. The van der Waals surface area contributed by atoms with Gasteiger partial charge in [0.25, 0.3) is 0 Å². The molecule has 44 valence electrons. The zero-order valence-electron chi connectivity index (χ0n) is 4.98. The van der Waals surface area contributed by atoms with Gasteiger partial charge in [-0.3, -0.25) is 0 Å². The number of hydrogen-bond donors (Lipinski definition) is 1. The van der Waals surface area contributed by atoms with Crippen molar-refractivity contribution in [2.24, 2.45) is 11.7 Å². The Balaban J connectivity index is 2.01. The largest absolute Gasteiger partial charge is 0.320 e. The molecule has 1 rings (SSSR count). The van der Waals surface area contributed by atoms with Crippen LogP contribution in [-0.2, 0) is 0 Å². The van der Waals surface area contributed by atoms with Crippen molar-refractivity contribution in [3.8, 4) is 11.8 Å². The van der Waals surface area contributed by atoms with Crippen molar-refractivity contribution in [2.45, 2.75) is 19.3 Å². The van der Waals surface area contributed by atoms with Crippen LogP contribution in [0, 0.1) is 17.8 Å². The van der Waals surface area contributed by atoms with Crippen LogP contribution < -0.4 is 5.73 Å². The first-order chi connectivity index (χ1) is 3.93. The first kappa shape index (κ1) is 5.65. The van der Waals surface area contributed by atoms with Crippen molar-refractivity contribution >= 4 is 0 Å². The minimum atomic E-state index is 0.521. The second-order valence-electron chi connectivity index (χ2n) is 2.21. The number of nitrogens with two attached hydrogens (primary N) is 1. The standard InChI is InChI=1S/C7H11N/c8-6-2-1-3-7-4-5-7/h7H,3-6,8H2. The van der Waals surface area contributed by atoms with E-state index in [1.165, 1.54) is 12.8 Å². The zero-order chi connectivity index (χ0) is 5.82. The molecule has 0 spiro atoms. The molecule has 0 aromatic carbocycles. The third-order valence-corrected chi connectivity index (χ3v) is 1.31. The van der Waals surface area contributed by atoms with Crippen LogP contribution in [0.2, 0.25) is 0 Å². The lowest BCUT2D eigenvalue weighted by molar-refractivity contribution is 0.883. The second-order valence-corrected chi connectivity index (χ2v) is 2.21. The van der Waals surface area contributed by atoms with Crippen molar-refractivity contribution in [2.75, 3.05) is 6.54 Å². The Hall–Kier alpha value is -0.480. The van der Waals surface area contributed by atoms with E-state index < -0.39 is 0 Å². The maximum absolute atomic E-state index is 5.16. The Kier molecular flexibility index (Phi) is 1.93. The lowest BCUT2D eigenvalue weighted by Gasteiger charge is -1.77. The monoisotopic (exact) mass is 109 g/mol. The molecule has 0 aromatic rings. The summed E-state index contributed by atoms with van der Waals surface area (Å²) in [6.07, 6.45) is 3.86.